The quantitative estimate of drug-likeness (QED) is 0.417. The molecule has 0 aliphatic heterocycles. The molecule has 6 nitrogen and oxygen atoms in total. The lowest BCUT2D eigenvalue weighted by Gasteiger charge is -2.38. The highest BCUT2D eigenvalue weighted by Crippen LogP contribution is 2.38. The van der Waals surface area contributed by atoms with Gasteiger partial charge in [-0.25, -0.2) is 0 Å². The van der Waals surface area contributed by atoms with E-state index < -0.39 is 0 Å². The number of fused-ring (bicyclic) bond motifs is 3. The molecule has 3 aromatic heterocycles. The molecule has 2 aromatic carbocycles. The van der Waals surface area contributed by atoms with Gasteiger partial charge in [0.15, 0.2) is 0 Å². The van der Waals surface area contributed by atoms with Crippen molar-refractivity contribution >= 4 is 16.6 Å². The Morgan fingerprint density at radius 2 is 1.82 bits per heavy atom. The SMILES string of the molecule is COCc1nn(-c2ccc(C3(N)CCC3)cc2)c2c3cc(-c4ccccc4)cnc3cc[n+]12. The zero-order valence-electron chi connectivity index (χ0n) is 18.6. The van der Waals surface area contributed by atoms with Crippen LogP contribution < -0.4 is 10.1 Å². The second kappa shape index (κ2) is 7.76. The summed E-state index contributed by atoms with van der Waals surface area (Å²) in [6.45, 7) is 0.412. The van der Waals surface area contributed by atoms with Crippen LogP contribution in [0.2, 0.25) is 0 Å². The number of nitrogens with zero attached hydrogens (tertiary/aromatic N) is 4. The topological polar surface area (TPSA) is 70.1 Å². The van der Waals surface area contributed by atoms with E-state index in [1.165, 1.54) is 12.0 Å². The summed E-state index contributed by atoms with van der Waals surface area (Å²) in [5.41, 5.74) is 12.6. The van der Waals surface area contributed by atoms with E-state index in [4.69, 9.17) is 20.6 Å². The van der Waals surface area contributed by atoms with Gasteiger partial charge in [-0.15, -0.1) is 0 Å². The number of methoxy groups -OCH3 is 1. The molecule has 33 heavy (non-hydrogen) atoms. The first-order valence-corrected chi connectivity index (χ1v) is 11.3. The Hall–Kier alpha value is -3.61. The van der Waals surface area contributed by atoms with Crippen LogP contribution in [0.3, 0.4) is 0 Å². The zero-order chi connectivity index (χ0) is 22.4. The van der Waals surface area contributed by atoms with E-state index in [1.807, 2.05) is 41.3 Å². The maximum Gasteiger partial charge on any atom is 0.308 e. The highest BCUT2D eigenvalue weighted by molar-refractivity contribution is 5.92. The van der Waals surface area contributed by atoms with Crippen LogP contribution in [0.15, 0.2) is 79.1 Å². The fourth-order valence-electron chi connectivity index (χ4n) is 4.75. The molecule has 6 heteroatoms. The van der Waals surface area contributed by atoms with E-state index in [-0.39, 0.29) is 5.54 Å². The number of hydrogen-bond acceptors (Lipinski definition) is 4. The summed E-state index contributed by atoms with van der Waals surface area (Å²) in [4.78, 5) is 4.76. The van der Waals surface area contributed by atoms with Crippen LogP contribution in [0.25, 0.3) is 33.4 Å². The predicted molar refractivity (Wildman–Crippen MR) is 128 cm³/mol. The van der Waals surface area contributed by atoms with Gasteiger partial charge in [0, 0.05) is 29.5 Å². The van der Waals surface area contributed by atoms with Crippen molar-refractivity contribution in [2.45, 2.75) is 31.4 Å². The van der Waals surface area contributed by atoms with Crippen LogP contribution in [0.5, 0.6) is 0 Å². The average Bonchev–Trinajstić information content (AvgIpc) is 3.22. The Balaban J connectivity index is 1.56. The van der Waals surface area contributed by atoms with Crippen molar-refractivity contribution in [2.24, 2.45) is 5.73 Å². The van der Waals surface area contributed by atoms with Gasteiger partial charge in [0.1, 0.15) is 12.3 Å². The molecule has 0 spiro atoms. The minimum Gasteiger partial charge on any atom is -0.373 e. The van der Waals surface area contributed by atoms with Gasteiger partial charge in [-0.05, 0) is 54.7 Å². The summed E-state index contributed by atoms with van der Waals surface area (Å²) in [5.74, 6) is 0.831. The molecule has 0 saturated heterocycles. The first-order chi connectivity index (χ1) is 16.2. The second-order valence-corrected chi connectivity index (χ2v) is 8.85. The molecule has 6 rings (SSSR count). The molecule has 1 aliphatic rings. The van der Waals surface area contributed by atoms with Gasteiger partial charge in [0.25, 0.3) is 5.65 Å². The molecule has 1 fully saturated rings. The Labute approximate surface area is 192 Å². The molecule has 0 radical (unpaired) electrons. The summed E-state index contributed by atoms with van der Waals surface area (Å²) >= 11 is 0. The summed E-state index contributed by atoms with van der Waals surface area (Å²) in [6.07, 6.45) is 7.23. The molecular formula is C27H26N5O+. The number of nitrogens with two attached hydrogens (primary N) is 1. The fraction of sp³-hybridized carbons (Fsp3) is 0.222. The lowest BCUT2D eigenvalue weighted by Crippen LogP contribution is -2.43. The monoisotopic (exact) mass is 436 g/mol. The van der Waals surface area contributed by atoms with Crippen molar-refractivity contribution in [2.75, 3.05) is 7.11 Å². The molecule has 1 aliphatic carbocycles. The number of pyridine rings is 2. The molecule has 0 atom stereocenters. The van der Waals surface area contributed by atoms with Crippen LogP contribution >= 0.6 is 0 Å². The Morgan fingerprint density at radius 3 is 2.52 bits per heavy atom. The van der Waals surface area contributed by atoms with E-state index >= 15 is 0 Å². The van der Waals surface area contributed by atoms with E-state index in [1.54, 1.807) is 7.11 Å². The highest BCUT2D eigenvalue weighted by Gasteiger charge is 2.34. The van der Waals surface area contributed by atoms with Crippen LogP contribution in [-0.4, -0.2) is 21.9 Å². The molecule has 1 saturated carbocycles. The van der Waals surface area contributed by atoms with Crippen molar-refractivity contribution in [1.82, 2.24) is 14.8 Å². The van der Waals surface area contributed by atoms with Crippen LogP contribution in [0.4, 0.5) is 0 Å². The lowest BCUT2D eigenvalue weighted by molar-refractivity contribution is -0.524. The Morgan fingerprint density at radius 1 is 1.03 bits per heavy atom. The number of hydrogen-bond donors (Lipinski definition) is 1. The molecule has 3 heterocycles. The summed E-state index contributed by atoms with van der Waals surface area (Å²) in [7, 11) is 1.69. The lowest BCUT2D eigenvalue weighted by atomic mass is 9.73. The van der Waals surface area contributed by atoms with Crippen molar-refractivity contribution in [3.8, 4) is 16.8 Å². The number of benzene rings is 2. The van der Waals surface area contributed by atoms with Gasteiger partial charge < -0.3 is 10.5 Å². The number of ether oxygens (including phenoxy) is 1. The van der Waals surface area contributed by atoms with Gasteiger partial charge >= 0.3 is 5.82 Å². The normalized spacial score (nSPS) is 15.1. The van der Waals surface area contributed by atoms with E-state index in [9.17, 15) is 0 Å². The van der Waals surface area contributed by atoms with Crippen molar-refractivity contribution in [3.05, 3.63) is 90.5 Å². The molecule has 5 aromatic rings. The smallest absolute Gasteiger partial charge is 0.308 e. The minimum atomic E-state index is -0.179. The molecule has 164 valence electrons. The van der Waals surface area contributed by atoms with Crippen LogP contribution in [0, 0.1) is 0 Å². The summed E-state index contributed by atoms with van der Waals surface area (Å²) < 4.78 is 9.52. The highest BCUT2D eigenvalue weighted by atomic mass is 16.5. The Kier molecular flexibility index (Phi) is 4.71. The number of rotatable bonds is 5. The van der Waals surface area contributed by atoms with E-state index in [0.29, 0.717) is 6.61 Å². The minimum absolute atomic E-state index is 0.179. The number of aromatic nitrogens is 4. The molecule has 0 amide bonds. The van der Waals surface area contributed by atoms with Gasteiger partial charge in [0.05, 0.1) is 17.1 Å². The third kappa shape index (κ3) is 3.30. The predicted octanol–water partition coefficient (Wildman–Crippen LogP) is 4.31. The first kappa shape index (κ1) is 20.0. The molecular weight excluding hydrogens is 410 g/mol. The molecule has 2 N–H and O–H groups in total. The van der Waals surface area contributed by atoms with Crippen LogP contribution in [0.1, 0.15) is 30.7 Å². The van der Waals surface area contributed by atoms with Crippen molar-refractivity contribution < 1.29 is 9.14 Å². The maximum atomic E-state index is 6.54. The maximum absolute atomic E-state index is 6.54. The third-order valence-electron chi connectivity index (χ3n) is 6.78. The van der Waals surface area contributed by atoms with Gasteiger partial charge in [-0.3, -0.25) is 4.98 Å². The van der Waals surface area contributed by atoms with Gasteiger partial charge in [-0.1, -0.05) is 47.1 Å². The third-order valence-corrected chi connectivity index (χ3v) is 6.78. The largest absolute Gasteiger partial charge is 0.373 e. The first-order valence-electron chi connectivity index (χ1n) is 11.3. The standard InChI is InChI=1S/C27H26N5O/c1-33-18-25-30-32(22-10-8-21(9-11-22)27(28)13-5-14-27)26-23-16-20(19-6-3-2-4-7-19)17-29-24(23)12-15-31(25)26/h2-4,6-12,15-17H,5,13-14,18,28H2,1H3/q+1. The zero-order valence-corrected chi connectivity index (χ0v) is 18.6. The molecule has 0 unspecified atom stereocenters. The Bertz CT molecular complexity index is 1450. The van der Waals surface area contributed by atoms with E-state index in [0.717, 1.165) is 52.0 Å². The van der Waals surface area contributed by atoms with Gasteiger partial charge in [-0.2, -0.15) is 4.40 Å². The van der Waals surface area contributed by atoms with Gasteiger partial charge in [0.2, 0.25) is 0 Å². The van der Waals surface area contributed by atoms with Crippen molar-refractivity contribution in [1.29, 1.82) is 0 Å². The fourth-order valence-corrected chi connectivity index (χ4v) is 4.75. The second-order valence-electron chi connectivity index (χ2n) is 8.85. The van der Waals surface area contributed by atoms with Crippen LogP contribution in [-0.2, 0) is 16.9 Å². The van der Waals surface area contributed by atoms with Crippen molar-refractivity contribution in [3.63, 3.8) is 0 Å². The average molecular weight is 437 g/mol. The summed E-state index contributed by atoms with van der Waals surface area (Å²) in [5, 5.41) is 5.96. The summed E-state index contributed by atoms with van der Waals surface area (Å²) in [6, 6.07) is 23.0. The molecule has 0 bridgehead atoms. The van der Waals surface area contributed by atoms with E-state index in [2.05, 4.69) is 46.9 Å².